The van der Waals surface area contributed by atoms with Crippen molar-refractivity contribution in [2.45, 2.75) is 20.8 Å². The number of hydrogen-bond acceptors (Lipinski definition) is 2. The second-order valence-electron chi connectivity index (χ2n) is 3.12. The second-order valence-corrected chi connectivity index (χ2v) is 4.20. The molecule has 0 saturated heterocycles. The summed E-state index contributed by atoms with van der Waals surface area (Å²) < 4.78 is 1.17. The summed E-state index contributed by atoms with van der Waals surface area (Å²) in [5, 5.41) is 3.31. The summed E-state index contributed by atoms with van der Waals surface area (Å²) in [6.45, 7) is 9.47. The van der Waals surface area contributed by atoms with Crippen molar-refractivity contribution in [3.63, 3.8) is 0 Å². The van der Waals surface area contributed by atoms with Crippen molar-refractivity contribution in [3.05, 3.63) is 0 Å². The fourth-order valence-corrected chi connectivity index (χ4v) is 1.07. The van der Waals surface area contributed by atoms with Gasteiger partial charge in [-0.1, -0.05) is 36.4 Å². The predicted octanol–water partition coefficient (Wildman–Crippen LogP) is 2.13. The maximum atomic E-state index is 4.45. The molecule has 0 aromatic heterocycles. The number of nitrogens with one attached hydrogen (secondary N) is 1. The minimum Gasteiger partial charge on any atom is -0.314 e. The van der Waals surface area contributed by atoms with Gasteiger partial charge in [-0.05, 0) is 12.8 Å². The summed E-state index contributed by atoms with van der Waals surface area (Å²) in [5.74, 6) is 0.592. The van der Waals surface area contributed by atoms with Crippen LogP contribution in [0.15, 0.2) is 4.99 Å². The summed E-state index contributed by atoms with van der Waals surface area (Å²) in [4.78, 5) is 4.45. The Morgan fingerprint density at radius 2 is 2.08 bits per heavy atom. The Kier molecular flexibility index (Phi) is 8.22. The zero-order valence-electron chi connectivity index (χ0n) is 8.23. The fraction of sp³-hybridized carbons (Fsp3) is 0.889. The molecule has 0 aliphatic carbocycles. The van der Waals surface area contributed by atoms with Crippen molar-refractivity contribution < 1.29 is 0 Å². The van der Waals surface area contributed by atoms with E-state index in [2.05, 4.69) is 53.7 Å². The monoisotopic (exact) mass is 282 g/mol. The van der Waals surface area contributed by atoms with Crippen LogP contribution in [-0.4, -0.2) is 29.8 Å². The molecular formula is C9H19IN2. The standard InChI is InChI=1S/C9H19IN2/c1-8(2)9(3)12-7-6-11-5-4-10/h8,11H,4-7H2,1-3H3. The van der Waals surface area contributed by atoms with Gasteiger partial charge in [0.05, 0.1) is 6.54 Å². The Bertz CT molecular complexity index is 132. The van der Waals surface area contributed by atoms with Gasteiger partial charge in [-0.25, -0.2) is 0 Å². The van der Waals surface area contributed by atoms with Gasteiger partial charge in [0, 0.05) is 23.2 Å². The first kappa shape index (κ1) is 12.4. The van der Waals surface area contributed by atoms with E-state index in [1.165, 1.54) is 10.1 Å². The molecule has 0 amide bonds. The van der Waals surface area contributed by atoms with E-state index >= 15 is 0 Å². The number of alkyl halides is 1. The molecule has 0 radical (unpaired) electrons. The van der Waals surface area contributed by atoms with Crippen LogP contribution in [0.4, 0.5) is 0 Å². The van der Waals surface area contributed by atoms with E-state index in [1.54, 1.807) is 0 Å². The summed E-state index contributed by atoms with van der Waals surface area (Å²) in [5.41, 5.74) is 1.26. The second kappa shape index (κ2) is 7.98. The Labute approximate surface area is 89.4 Å². The molecule has 0 spiro atoms. The highest BCUT2D eigenvalue weighted by molar-refractivity contribution is 14.1. The van der Waals surface area contributed by atoms with Crippen molar-refractivity contribution in [1.82, 2.24) is 5.32 Å². The van der Waals surface area contributed by atoms with Crippen LogP contribution in [-0.2, 0) is 0 Å². The summed E-state index contributed by atoms with van der Waals surface area (Å²) in [7, 11) is 0. The molecular weight excluding hydrogens is 263 g/mol. The average molecular weight is 282 g/mol. The molecule has 3 heteroatoms. The molecule has 12 heavy (non-hydrogen) atoms. The zero-order valence-corrected chi connectivity index (χ0v) is 10.4. The molecule has 1 N–H and O–H groups in total. The van der Waals surface area contributed by atoms with Crippen molar-refractivity contribution in [2.75, 3.05) is 24.1 Å². The zero-order chi connectivity index (χ0) is 9.40. The average Bonchev–Trinajstić information content (AvgIpc) is 2.03. The lowest BCUT2D eigenvalue weighted by atomic mass is 10.1. The normalized spacial score (nSPS) is 12.6. The summed E-state index contributed by atoms with van der Waals surface area (Å²) in [6.07, 6.45) is 0. The number of nitrogens with zero attached hydrogens (tertiary/aromatic N) is 1. The third-order valence-corrected chi connectivity index (χ3v) is 2.30. The van der Waals surface area contributed by atoms with Gasteiger partial charge in [-0.15, -0.1) is 0 Å². The van der Waals surface area contributed by atoms with Gasteiger partial charge in [0.2, 0.25) is 0 Å². The minimum atomic E-state index is 0.592. The van der Waals surface area contributed by atoms with E-state index in [0.29, 0.717) is 5.92 Å². The number of hydrogen-bond donors (Lipinski definition) is 1. The van der Waals surface area contributed by atoms with Gasteiger partial charge in [-0.3, -0.25) is 4.99 Å². The molecule has 0 fully saturated rings. The molecule has 2 nitrogen and oxygen atoms in total. The van der Waals surface area contributed by atoms with Crippen molar-refractivity contribution in [2.24, 2.45) is 10.9 Å². The van der Waals surface area contributed by atoms with Crippen molar-refractivity contribution >= 4 is 28.3 Å². The van der Waals surface area contributed by atoms with Gasteiger partial charge in [-0.2, -0.15) is 0 Å². The van der Waals surface area contributed by atoms with E-state index < -0.39 is 0 Å². The van der Waals surface area contributed by atoms with Crippen LogP contribution < -0.4 is 5.32 Å². The third-order valence-electron chi connectivity index (χ3n) is 1.76. The molecule has 0 rings (SSSR count). The van der Waals surface area contributed by atoms with E-state index in [4.69, 9.17) is 0 Å². The van der Waals surface area contributed by atoms with Crippen LogP contribution in [0.25, 0.3) is 0 Å². The molecule has 0 atom stereocenters. The number of rotatable bonds is 6. The highest BCUT2D eigenvalue weighted by Crippen LogP contribution is 1.95. The maximum Gasteiger partial charge on any atom is 0.0513 e. The molecule has 0 aromatic rings. The van der Waals surface area contributed by atoms with E-state index in [0.717, 1.165) is 19.6 Å². The molecule has 0 aromatic carbocycles. The highest BCUT2D eigenvalue weighted by atomic mass is 127. The van der Waals surface area contributed by atoms with Crippen LogP contribution >= 0.6 is 22.6 Å². The van der Waals surface area contributed by atoms with Crippen LogP contribution in [0.5, 0.6) is 0 Å². The third kappa shape index (κ3) is 7.03. The van der Waals surface area contributed by atoms with Crippen LogP contribution in [0.1, 0.15) is 20.8 Å². The van der Waals surface area contributed by atoms with Gasteiger partial charge in [0.1, 0.15) is 0 Å². The lowest BCUT2D eigenvalue weighted by Crippen LogP contribution is -2.20. The van der Waals surface area contributed by atoms with Crippen LogP contribution in [0, 0.1) is 5.92 Å². The maximum absolute atomic E-state index is 4.45. The van der Waals surface area contributed by atoms with E-state index in [1.807, 2.05) is 0 Å². The van der Waals surface area contributed by atoms with Gasteiger partial charge < -0.3 is 5.32 Å². The summed E-state index contributed by atoms with van der Waals surface area (Å²) in [6, 6.07) is 0. The first-order valence-corrected chi connectivity index (χ1v) is 5.98. The van der Waals surface area contributed by atoms with E-state index in [9.17, 15) is 0 Å². The lowest BCUT2D eigenvalue weighted by molar-refractivity contribution is 0.729. The topological polar surface area (TPSA) is 24.4 Å². The van der Waals surface area contributed by atoms with Gasteiger partial charge in [0.15, 0.2) is 0 Å². The Morgan fingerprint density at radius 1 is 1.42 bits per heavy atom. The molecule has 72 valence electrons. The quantitative estimate of drug-likeness (QED) is 0.343. The number of aliphatic imine (C=N–C) groups is 1. The molecule has 0 heterocycles. The smallest absolute Gasteiger partial charge is 0.0513 e. The van der Waals surface area contributed by atoms with E-state index in [-0.39, 0.29) is 0 Å². The van der Waals surface area contributed by atoms with Crippen LogP contribution in [0.3, 0.4) is 0 Å². The highest BCUT2D eigenvalue weighted by Gasteiger charge is 1.95. The van der Waals surface area contributed by atoms with Crippen molar-refractivity contribution in [1.29, 1.82) is 0 Å². The Balaban J connectivity index is 3.34. The minimum absolute atomic E-state index is 0.592. The molecule has 0 unspecified atom stereocenters. The first-order valence-electron chi connectivity index (χ1n) is 4.46. The predicted molar refractivity (Wildman–Crippen MR) is 64.6 cm³/mol. The van der Waals surface area contributed by atoms with Gasteiger partial charge >= 0.3 is 0 Å². The molecule has 0 saturated carbocycles. The largest absolute Gasteiger partial charge is 0.314 e. The van der Waals surface area contributed by atoms with Gasteiger partial charge in [0.25, 0.3) is 0 Å². The van der Waals surface area contributed by atoms with Crippen LogP contribution in [0.2, 0.25) is 0 Å². The lowest BCUT2D eigenvalue weighted by Gasteiger charge is -2.04. The Hall–Kier alpha value is 0.360. The number of halogens is 1. The Morgan fingerprint density at radius 3 is 2.58 bits per heavy atom. The van der Waals surface area contributed by atoms with Crippen molar-refractivity contribution in [3.8, 4) is 0 Å². The fourth-order valence-electron chi connectivity index (χ4n) is 0.686. The molecule has 0 aliphatic rings. The molecule has 0 aliphatic heterocycles. The molecule has 0 bridgehead atoms. The summed E-state index contributed by atoms with van der Waals surface area (Å²) >= 11 is 2.36. The first-order chi connectivity index (χ1) is 5.68. The SMILES string of the molecule is CC(=NCCNCCI)C(C)C.